The highest BCUT2D eigenvalue weighted by molar-refractivity contribution is 9.11. The summed E-state index contributed by atoms with van der Waals surface area (Å²) in [6.07, 6.45) is 0. The molecule has 2 heterocycles. The Morgan fingerprint density at radius 1 is 1.67 bits per heavy atom. The van der Waals surface area contributed by atoms with Crippen molar-refractivity contribution in [1.82, 2.24) is 10.2 Å². The van der Waals surface area contributed by atoms with Crippen LogP contribution >= 0.6 is 39.7 Å². The maximum Gasteiger partial charge on any atom is 0.0701 e. The molecule has 5 heteroatoms. The lowest BCUT2D eigenvalue weighted by molar-refractivity contribution is 0.200. The second-order valence-electron chi connectivity index (χ2n) is 3.85. The fourth-order valence-corrected chi connectivity index (χ4v) is 3.04. The number of halogens is 2. The summed E-state index contributed by atoms with van der Waals surface area (Å²) in [6, 6.07) is 2.85. The molecular weight excluding hydrogens is 296 g/mol. The molecule has 1 fully saturated rings. The second-order valence-corrected chi connectivity index (χ2v) is 6.14. The van der Waals surface area contributed by atoms with Gasteiger partial charge in [0.1, 0.15) is 0 Å². The Bertz CT molecular complexity index is 305. The van der Waals surface area contributed by atoms with Gasteiger partial charge in [0.25, 0.3) is 0 Å². The lowest BCUT2D eigenvalue weighted by Crippen LogP contribution is -2.48. The van der Waals surface area contributed by atoms with E-state index in [0.717, 1.165) is 26.2 Å². The van der Waals surface area contributed by atoms with E-state index in [4.69, 9.17) is 0 Å². The average molecular weight is 312 g/mol. The number of thiophene rings is 1. The van der Waals surface area contributed by atoms with Crippen LogP contribution in [0, 0.1) is 0 Å². The summed E-state index contributed by atoms with van der Waals surface area (Å²) < 4.78 is 1.23. The van der Waals surface area contributed by atoms with Gasteiger partial charge >= 0.3 is 0 Å². The fourth-order valence-electron chi connectivity index (χ4n) is 1.84. The van der Waals surface area contributed by atoms with Crippen LogP contribution in [0.2, 0.25) is 0 Å². The predicted octanol–water partition coefficient (Wildman–Crippen LogP) is 2.73. The number of piperazine rings is 1. The first-order valence-electron chi connectivity index (χ1n) is 4.92. The molecule has 0 amide bonds. The number of hydrogen-bond donors (Lipinski definition) is 1. The Hall–Kier alpha value is 0.390. The van der Waals surface area contributed by atoms with Crippen LogP contribution < -0.4 is 5.32 Å². The van der Waals surface area contributed by atoms with Crippen molar-refractivity contribution >= 4 is 39.7 Å². The molecule has 1 aromatic rings. The van der Waals surface area contributed by atoms with Gasteiger partial charge in [-0.3, -0.25) is 4.90 Å². The van der Waals surface area contributed by atoms with Crippen molar-refractivity contribution in [2.24, 2.45) is 0 Å². The molecule has 0 radical (unpaired) electrons. The van der Waals surface area contributed by atoms with E-state index in [1.165, 1.54) is 9.35 Å². The maximum atomic E-state index is 3.50. The minimum absolute atomic E-state index is 0. The smallest absolute Gasteiger partial charge is 0.0701 e. The molecule has 2 rings (SSSR count). The van der Waals surface area contributed by atoms with Gasteiger partial charge in [-0.1, -0.05) is 0 Å². The molecule has 0 spiro atoms. The van der Waals surface area contributed by atoms with Crippen LogP contribution in [0.15, 0.2) is 15.2 Å². The molecular formula is C10H16BrClN2S. The van der Waals surface area contributed by atoms with Crippen LogP contribution in [-0.2, 0) is 6.54 Å². The molecule has 1 atom stereocenters. The van der Waals surface area contributed by atoms with Crippen molar-refractivity contribution in [2.75, 3.05) is 19.6 Å². The molecule has 0 saturated carbocycles. The molecule has 1 unspecified atom stereocenters. The van der Waals surface area contributed by atoms with E-state index in [1.807, 2.05) is 0 Å². The quantitative estimate of drug-likeness (QED) is 0.903. The zero-order valence-electron chi connectivity index (χ0n) is 8.70. The van der Waals surface area contributed by atoms with E-state index in [9.17, 15) is 0 Å². The molecule has 86 valence electrons. The maximum absolute atomic E-state index is 3.50. The lowest BCUT2D eigenvalue weighted by Gasteiger charge is -2.31. The van der Waals surface area contributed by atoms with Gasteiger partial charge in [-0.05, 0) is 39.9 Å². The minimum Gasteiger partial charge on any atom is -0.312 e. The van der Waals surface area contributed by atoms with Gasteiger partial charge in [0.2, 0.25) is 0 Å². The number of nitrogens with zero attached hydrogens (tertiary/aromatic N) is 1. The molecule has 1 aromatic heterocycles. The normalized spacial score (nSPS) is 22.4. The van der Waals surface area contributed by atoms with Crippen LogP contribution in [0.3, 0.4) is 0 Å². The van der Waals surface area contributed by atoms with Crippen LogP contribution in [0.5, 0.6) is 0 Å². The molecule has 1 N–H and O–H groups in total. The minimum atomic E-state index is 0. The summed E-state index contributed by atoms with van der Waals surface area (Å²) in [5, 5.41) is 5.69. The van der Waals surface area contributed by atoms with Crippen molar-refractivity contribution in [3.8, 4) is 0 Å². The standard InChI is InChI=1S/C10H15BrN2S.ClH/c1-8-5-13(3-2-12-8)6-9-4-10(11)14-7-9;/h4,7-8,12H,2-3,5-6H2,1H3;1H. The van der Waals surface area contributed by atoms with E-state index >= 15 is 0 Å². The number of hydrogen-bond acceptors (Lipinski definition) is 3. The van der Waals surface area contributed by atoms with Gasteiger partial charge in [0.15, 0.2) is 0 Å². The van der Waals surface area contributed by atoms with E-state index in [0.29, 0.717) is 6.04 Å². The third kappa shape index (κ3) is 4.04. The summed E-state index contributed by atoms with van der Waals surface area (Å²) in [7, 11) is 0. The highest BCUT2D eigenvalue weighted by atomic mass is 79.9. The topological polar surface area (TPSA) is 15.3 Å². The van der Waals surface area contributed by atoms with Crippen molar-refractivity contribution in [1.29, 1.82) is 0 Å². The molecule has 0 aliphatic carbocycles. The molecule has 1 aliphatic rings. The van der Waals surface area contributed by atoms with Crippen molar-refractivity contribution in [3.05, 3.63) is 20.8 Å². The Morgan fingerprint density at radius 3 is 3.07 bits per heavy atom. The van der Waals surface area contributed by atoms with Crippen LogP contribution in [0.4, 0.5) is 0 Å². The zero-order valence-corrected chi connectivity index (χ0v) is 11.9. The fraction of sp³-hybridized carbons (Fsp3) is 0.600. The van der Waals surface area contributed by atoms with Gasteiger partial charge < -0.3 is 5.32 Å². The lowest BCUT2D eigenvalue weighted by atomic mass is 10.2. The summed E-state index contributed by atoms with van der Waals surface area (Å²) >= 11 is 5.26. The molecule has 1 saturated heterocycles. The van der Waals surface area contributed by atoms with Crippen LogP contribution in [-0.4, -0.2) is 30.6 Å². The first-order valence-corrected chi connectivity index (χ1v) is 6.60. The van der Waals surface area contributed by atoms with E-state index in [-0.39, 0.29) is 12.4 Å². The second kappa shape index (κ2) is 6.21. The van der Waals surface area contributed by atoms with Gasteiger partial charge in [0, 0.05) is 32.2 Å². The predicted molar refractivity (Wildman–Crippen MR) is 72.0 cm³/mol. The Labute approximate surface area is 110 Å². The molecule has 1 aliphatic heterocycles. The highest BCUT2D eigenvalue weighted by Crippen LogP contribution is 2.21. The van der Waals surface area contributed by atoms with E-state index in [1.54, 1.807) is 11.3 Å². The molecule has 0 aromatic carbocycles. The third-order valence-corrected chi connectivity index (χ3v) is 4.03. The van der Waals surface area contributed by atoms with Gasteiger partial charge in [-0.15, -0.1) is 23.7 Å². The molecule has 2 nitrogen and oxygen atoms in total. The zero-order chi connectivity index (χ0) is 9.97. The van der Waals surface area contributed by atoms with E-state index < -0.39 is 0 Å². The van der Waals surface area contributed by atoms with Crippen LogP contribution in [0.1, 0.15) is 12.5 Å². The van der Waals surface area contributed by atoms with Crippen molar-refractivity contribution in [2.45, 2.75) is 19.5 Å². The largest absolute Gasteiger partial charge is 0.312 e. The number of nitrogens with one attached hydrogen (secondary N) is 1. The summed E-state index contributed by atoms with van der Waals surface area (Å²) in [5.74, 6) is 0. The first-order chi connectivity index (χ1) is 6.74. The molecule has 0 bridgehead atoms. The monoisotopic (exact) mass is 310 g/mol. The van der Waals surface area contributed by atoms with Crippen molar-refractivity contribution < 1.29 is 0 Å². The Morgan fingerprint density at radius 2 is 2.47 bits per heavy atom. The SMILES string of the molecule is CC1CN(Cc2csc(Br)c2)CCN1.Cl. The number of rotatable bonds is 2. The Balaban J connectivity index is 0.00000112. The highest BCUT2D eigenvalue weighted by Gasteiger charge is 2.15. The summed E-state index contributed by atoms with van der Waals surface area (Å²) in [4.78, 5) is 2.51. The van der Waals surface area contributed by atoms with Crippen LogP contribution in [0.25, 0.3) is 0 Å². The Kier molecular flexibility index (Phi) is 5.57. The first kappa shape index (κ1) is 13.5. The van der Waals surface area contributed by atoms with Gasteiger partial charge in [-0.25, -0.2) is 0 Å². The average Bonchev–Trinajstić information content (AvgIpc) is 2.51. The summed E-state index contributed by atoms with van der Waals surface area (Å²) in [5.41, 5.74) is 1.43. The summed E-state index contributed by atoms with van der Waals surface area (Å²) in [6.45, 7) is 6.78. The van der Waals surface area contributed by atoms with Gasteiger partial charge in [-0.2, -0.15) is 0 Å². The molecule has 15 heavy (non-hydrogen) atoms. The third-order valence-electron chi connectivity index (χ3n) is 2.48. The van der Waals surface area contributed by atoms with Gasteiger partial charge in [0.05, 0.1) is 3.79 Å². The van der Waals surface area contributed by atoms with Crippen molar-refractivity contribution in [3.63, 3.8) is 0 Å². The van der Waals surface area contributed by atoms with E-state index in [2.05, 4.69) is 44.5 Å².